The van der Waals surface area contributed by atoms with Crippen LogP contribution in [0.15, 0.2) is 41.9 Å². The summed E-state index contributed by atoms with van der Waals surface area (Å²) < 4.78 is 2.10. The van der Waals surface area contributed by atoms with Crippen LogP contribution in [0.4, 0.5) is 0 Å². The van der Waals surface area contributed by atoms with E-state index < -0.39 is 0 Å². The van der Waals surface area contributed by atoms with Crippen molar-refractivity contribution >= 4 is 22.2 Å². The number of thiophene rings is 1. The second-order valence-corrected chi connectivity index (χ2v) is 5.32. The minimum atomic E-state index is 0.301. The third kappa shape index (κ3) is 1.76. The number of benzene rings is 1. The summed E-state index contributed by atoms with van der Waals surface area (Å²) in [5, 5.41) is 7.84. The topological polar surface area (TPSA) is 17.8 Å². The van der Waals surface area contributed by atoms with E-state index in [1.165, 1.54) is 21.3 Å². The first-order valence-corrected chi connectivity index (χ1v) is 6.61. The van der Waals surface area contributed by atoms with Gasteiger partial charge in [-0.1, -0.05) is 17.7 Å². The molecule has 0 radical (unpaired) electrons. The summed E-state index contributed by atoms with van der Waals surface area (Å²) >= 11 is 1.78. The standard InChI is InChI=1S/C14H14N2S/c1-10-5-6-13-12(8-10)9-15-16(13)11(2)14-4-3-7-17-14/h3-9,11H,1-2H3. The van der Waals surface area contributed by atoms with E-state index in [1.54, 1.807) is 11.3 Å². The lowest BCUT2D eigenvalue weighted by Gasteiger charge is -2.11. The zero-order chi connectivity index (χ0) is 11.8. The molecule has 0 N–H and O–H groups in total. The summed E-state index contributed by atoms with van der Waals surface area (Å²) in [4.78, 5) is 1.34. The van der Waals surface area contributed by atoms with Crippen LogP contribution in [0.25, 0.3) is 10.9 Å². The van der Waals surface area contributed by atoms with Crippen molar-refractivity contribution in [1.29, 1.82) is 0 Å². The molecule has 0 saturated heterocycles. The average Bonchev–Trinajstić information content (AvgIpc) is 2.96. The molecular weight excluding hydrogens is 228 g/mol. The minimum absolute atomic E-state index is 0.301. The third-order valence-corrected chi connectivity index (χ3v) is 4.12. The third-order valence-electron chi connectivity index (χ3n) is 3.07. The molecule has 1 unspecified atom stereocenters. The fourth-order valence-electron chi connectivity index (χ4n) is 2.13. The molecule has 0 aliphatic rings. The van der Waals surface area contributed by atoms with Crippen molar-refractivity contribution in [2.45, 2.75) is 19.9 Å². The van der Waals surface area contributed by atoms with Crippen LogP contribution in [-0.4, -0.2) is 9.78 Å². The fourth-order valence-corrected chi connectivity index (χ4v) is 2.90. The predicted molar refractivity (Wildman–Crippen MR) is 72.6 cm³/mol. The highest BCUT2D eigenvalue weighted by molar-refractivity contribution is 7.10. The molecule has 0 aliphatic carbocycles. The Hall–Kier alpha value is -1.61. The van der Waals surface area contributed by atoms with Crippen LogP contribution in [0.5, 0.6) is 0 Å². The van der Waals surface area contributed by atoms with Gasteiger partial charge in [0.1, 0.15) is 0 Å². The summed E-state index contributed by atoms with van der Waals surface area (Å²) in [6, 6.07) is 11.0. The van der Waals surface area contributed by atoms with Crippen LogP contribution >= 0.6 is 11.3 Å². The van der Waals surface area contributed by atoms with Crippen LogP contribution in [0.2, 0.25) is 0 Å². The Bertz CT molecular complexity index is 637. The lowest BCUT2D eigenvalue weighted by atomic mass is 10.2. The Labute approximate surface area is 105 Å². The minimum Gasteiger partial charge on any atom is -0.257 e. The van der Waals surface area contributed by atoms with Gasteiger partial charge in [-0.3, -0.25) is 4.68 Å². The lowest BCUT2D eigenvalue weighted by Crippen LogP contribution is -2.06. The van der Waals surface area contributed by atoms with Crippen molar-refractivity contribution < 1.29 is 0 Å². The van der Waals surface area contributed by atoms with Gasteiger partial charge in [-0.15, -0.1) is 11.3 Å². The first-order valence-electron chi connectivity index (χ1n) is 5.73. The Morgan fingerprint density at radius 2 is 2.18 bits per heavy atom. The van der Waals surface area contributed by atoms with E-state index in [0.717, 1.165) is 0 Å². The summed E-state index contributed by atoms with van der Waals surface area (Å²) in [5.41, 5.74) is 2.48. The van der Waals surface area contributed by atoms with Crippen LogP contribution in [0, 0.1) is 6.92 Å². The second-order valence-electron chi connectivity index (χ2n) is 4.34. The maximum Gasteiger partial charge on any atom is 0.0839 e. The number of hydrogen-bond acceptors (Lipinski definition) is 2. The van der Waals surface area contributed by atoms with Crippen molar-refractivity contribution in [3.8, 4) is 0 Å². The summed E-state index contributed by atoms with van der Waals surface area (Å²) in [6.07, 6.45) is 1.95. The molecule has 86 valence electrons. The molecule has 2 aromatic heterocycles. The molecule has 0 fully saturated rings. The van der Waals surface area contributed by atoms with E-state index in [0.29, 0.717) is 6.04 Å². The molecule has 3 rings (SSSR count). The fraction of sp³-hybridized carbons (Fsp3) is 0.214. The number of aryl methyl sites for hydroxylation is 1. The number of rotatable bonds is 2. The normalized spacial score (nSPS) is 13.1. The van der Waals surface area contributed by atoms with E-state index in [9.17, 15) is 0 Å². The van der Waals surface area contributed by atoms with Crippen molar-refractivity contribution in [2.75, 3.05) is 0 Å². The zero-order valence-electron chi connectivity index (χ0n) is 9.92. The van der Waals surface area contributed by atoms with Crippen LogP contribution in [-0.2, 0) is 0 Å². The summed E-state index contributed by atoms with van der Waals surface area (Å²) in [5.74, 6) is 0. The quantitative estimate of drug-likeness (QED) is 0.663. The monoisotopic (exact) mass is 242 g/mol. The van der Waals surface area contributed by atoms with E-state index in [4.69, 9.17) is 0 Å². The smallest absolute Gasteiger partial charge is 0.0839 e. The Morgan fingerprint density at radius 1 is 1.29 bits per heavy atom. The van der Waals surface area contributed by atoms with Gasteiger partial charge in [0.25, 0.3) is 0 Å². The van der Waals surface area contributed by atoms with Gasteiger partial charge in [-0.25, -0.2) is 0 Å². The van der Waals surface area contributed by atoms with Gasteiger partial charge in [-0.2, -0.15) is 5.10 Å². The average molecular weight is 242 g/mol. The van der Waals surface area contributed by atoms with Crippen molar-refractivity contribution in [3.63, 3.8) is 0 Å². The van der Waals surface area contributed by atoms with Gasteiger partial charge >= 0.3 is 0 Å². The molecule has 3 heteroatoms. The predicted octanol–water partition coefficient (Wildman–Crippen LogP) is 4.02. The molecule has 0 saturated carbocycles. The number of nitrogens with zero attached hydrogens (tertiary/aromatic N) is 2. The highest BCUT2D eigenvalue weighted by Crippen LogP contribution is 2.26. The molecule has 0 bridgehead atoms. The highest BCUT2D eigenvalue weighted by Gasteiger charge is 2.12. The molecule has 2 nitrogen and oxygen atoms in total. The number of hydrogen-bond donors (Lipinski definition) is 0. The Kier molecular flexibility index (Phi) is 2.48. The number of aromatic nitrogens is 2. The van der Waals surface area contributed by atoms with E-state index in [-0.39, 0.29) is 0 Å². The van der Waals surface area contributed by atoms with Crippen LogP contribution < -0.4 is 0 Å². The molecule has 1 aromatic carbocycles. The van der Waals surface area contributed by atoms with Gasteiger partial charge in [0, 0.05) is 10.3 Å². The van der Waals surface area contributed by atoms with E-state index >= 15 is 0 Å². The molecule has 3 aromatic rings. The largest absolute Gasteiger partial charge is 0.257 e. The number of fused-ring (bicyclic) bond motifs is 1. The lowest BCUT2D eigenvalue weighted by molar-refractivity contribution is 0.593. The molecule has 0 spiro atoms. The van der Waals surface area contributed by atoms with Gasteiger partial charge in [0.2, 0.25) is 0 Å². The highest BCUT2D eigenvalue weighted by atomic mass is 32.1. The second kappa shape index (κ2) is 4.00. The van der Waals surface area contributed by atoms with E-state index in [1.807, 2.05) is 6.20 Å². The maximum absolute atomic E-state index is 4.52. The molecule has 0 aliphatic heterocycles. The van der Waals surface area contributed by atoms with Crippen molar-refractivity contribution in [2.24, 2.45) is 0 Å². The Morgan fingerprint density at radius 3 is 2.94 bits per heavy atom. The summed E-state index contributed by atoms with van der Waals surface area (Å²) in [7, 11) is 0. The van der Waals surface area contributed by atoms with Gasteiger partial charge in [0.15, 0.2) is 0 Å². The van der Waals surface area contributed by atoms with E-state index in [2.05, 4.69) is 59.3 Å². The van der Waals surface area contributed by atoms with Crippen LogP contribution in [0.3, 0.4) is 0 Å². The maximum atomic E-state index is 4.52. The molecular formula is C14H14N2S. The molecule has 17 heavy (non-hydrogen) atoms. The Balaban J connectivity index is 2.12. The summed E-state index contributed by atoms with van der Waals surface area (Å²) in [6.45, 7) is 4.30. The first-order chi connectivity index (χ1) is 8.25. The van der Waals surface area contributed by atoms with Crippen molar-refractivity contribution in [1.82, 2.24) is 9.78 Å². The molecule has 1 atom stereocenters. The van der Waals surface area contributed by atoms with Crippen LogP contribution in [0.1, 0.15) is 23.4 Å². The first kappa shape index (κ1) is 10.5. The van der Waals surface area contributed by atoms with Gasteiger partial charge < -0.3 is 0 Å². The SMILES string of the molecule is Cc1ccc2c(cnn2C(C)c2cccs2)c1. The zero-order valence-corrected chi connectivity index (χ0v) is 10.7. The van der Waals surface area contributed by atoms with Crippen molar-refractivity contribution in [3.05, 3.63) is 52.3 Å². The molecule has 0 amide bonds. The van der Waals surface area contributed by atoms with Gasteiger partial charge in [0.05, 0.1) is 17.8 Å². The molecule has 2 heterocycles. The van der Waals surface area contributed by atoms with Gasteiger partial charge in [-0.05, 0) is 37.4 Å².